The Morgan fingerprint density at radius 3 is 2.72 bits per heavy atom. The minimum Gasteiger partial charge on any atom is -0.491 e. The second-order valence-electron chi connectivity index (χ2n) is 10.2. The number of aliphatic hydroxyl groups excluding tert-OH is 1. The standard InChI is InChI=1S/C28H38N6O5/c1-17-26(25-18(2)33-39-19(25)3)31-28(20-6-5-7-24(10-20)38-16-23(35)12-29-4)32-27(17)30-11-21-13-36-9-8-34(21)22-14-37-15-22/h5-7,10,21-23,29,35H,8-9,11-16H2,1-4H3,(H,30,31,32). The summed E-state index contributed by atoms with van der Waals surface area (Å²) in [6.07, 6.45) is -0.606. The van der Waals surface area contributed by atoms with E-state index in [1.54, 1.807) is 7.05 Å². The van der Waals surface area contributed by atoms with Crippen molar-refractivity contribution in [3.63, 3.8) is 0 Å². The smallest absolute Gasteiger partial charge is 0.162 e. The average Bonchev–Trinajstić information content (AvgIpc) is 3.24. The maximum atomic E-state index is 10.0. The molecule has 3 aromatic rings. The van der Waals surface area contributed by atoms with Gasteiger partial charge in [-0.15, -0.1) is 0 Å². The van der Waals surface area contributed by atoms with Gasteiger partial charge >= 0.3 is 0 Å². The molecule has 5 rings (SSSR count). The Balaban J connectivity index is 1.45. The molecule has 1 aromatic carbocycles. The summed E-state index contributed by atoms with van der Waals surface area (Å²) in [5.74, 6) is 2.65. The Bertz CT molecular complexity index is 1240. The van der Waals surface area contributed by atoms with Crippen LogP contribution in [0.25, 0.3) is 22.6 Å². The van der Waals surface area contributed by atoms with E-state index in [9.17, 15) is 5.11 Å². The van der Waals surface area contributed by atoms with E-state index in [0.717, 1.165) is 60.3 Å². The van der Waals surface area contributed by atoms with Crippen molar-refractivity contribution in [2.24, 2.45) is 0 Å². The lowest BCUT2D eigenvalue weighted by molar-refractivity contribution is -0.114. The number of anilines is 1. The number of morpholine rings is 1. The van der Waals surface area contributed by atoms with Crippen LogP contribution >= 0.6 is 0 Å². The van der Waals surface area contributed by atoms with Gasteiger partial charge in [0, 0.05) is 30.8 Å². The molecule has 2 atom stereocenters. The topological polar surface area (TPSA) is 127 Å². The van der Waals surface area contributed by atoms with Crippen molar-refractivity contribution in [1.29, 1.82) is 0 Å². The van der Waals surface area contributed by atoms with E-state index in [4.69, 9.17) is 28.7 Å². The van der Waals surface area contributed by atoms with E-state index in [-0.39, 0.29) is 12.6 Å². The fraction of sp³-hybridized carbons (Fsp3) is 0.536. The molecule has 0 saturated carbocycles. The molecule has 39 heavy (non-hydrogen) atoms. The van der Waals surface area contributed by atoms with Crippen LogP contribution in [0.5, 0.6) is 5.75 Å². The minimum atomic E-state index is -0.606. The molecular weight excluding hydrogens is 500 g/mol. The SMILES string of the molecule is CNCC(O)COc1cccc(-c2nc(NCC3COCCN3C3COC3)c(C)c(-c3c(C)noc3C)n2)c1. The number of nitrogens with zero attached hydrogens (tertiary/aromatic N) is 4. The molecule has 0 spiro atoms. The number of hydrogen-bond acceptors (Lipinski definition) is 11. The quantitative estimate of drug-likeness (QED) is 0.332. The first-order valence-electron chi connectivity index (χ1n) is 13.5. The molecule has 210 valence electrons. The number of nitrogens with one attached hydrogen (secondary N) is 2. The van der Waals surface area contributed by atoms with E-state index in [0.29, 0.717) is 43.1 Å². The van der Waals surface area contributed by atoms with Crippen LogP contribution < -0.4 is 15.4 Å². The summed E-state index contributed by atoms with van der Waals surface area (Å²) >= 11 is 0. The first-order valence-corrected chi connectivity index (χ1v) is 13.5. The fourth-order valence-corrected chi connectivity index (χ4v) is 5.05. The number of hydrogen-bond donors (Lipinski definition) is 3. The van der Waals surface area contributed by atoms with Crippen LogP contribution in [0.2, 0.25) is 0 Å². The first kappa shape index (κ1) is 27.5. The maximum Gasteiger partial charge on any atom is 0.162 e. The third-order valence-electron chi connectivity index (χ3n) is 7.26. The van der Waals surface area contributed by atoms with Crippen LogP contribution in [0.1, 0.15) is 17.0 Å². The summed E-state index contributed by atoms with van der Waals surface area (Å²) in [5.41, 5.74) is 4.15. The van der Waals surface area contributed by atoms with Gasteiger partial charge in [-0.3, -0.25) is 4.90 Å². The van der Waals surface area contributed by atoms with Crippen LogP contribution in [0.15, 0.2) is 28.8 Å². The molecular formula is C28H38N6O5. The molecule has 2 unspecified atom stereocenters. The van der Waals surface area contributed by atoms with E-state index in [2.05, 4.69) is 20.7 Å². The van der Waals surface area contributed by atoms with Gasteiger partial charge in [0.05, 0.1) is 55.5 Å². The van der Waals surface area contributed by atoms with Crippen molar-refractivity contribution in [2.45, 2.75) is 39.0 Å². The number of aromatic nitrogens is 3. The molecule has 0 radical (unpaired) electrons. The van der Waals surface area contributed by atoms with E-state index >= 15 is 0 Å². The monoisotopic (exact) mass is 538 g/mol. The minimum absolute atomic E-state index is 0.183. The molecule has 0 amide bonds. The molecule has 0 aliphatic carbocycles. The summed E-state index contributed by atoms with van der Waals surface area (Å²) in [6, 6.07) is 8.27. The highest BCUT2D eigenvalue weighted by Gasteiger charge is 2.33. The van der Waals surface area contributed by atoms with Gasteiger partial charge in [-0.1, -0.05) is 17.3 Å². The highest BCUT2D eigenvalue weighted by Crippen LogP contribution is 2.34. The van der Waals surface area contributed by atoms with Crippen molar-refractivity contribution in [3.8, 4) is 28.4 Å². The van der Waals surface area contributed by atoms with Gasteiger partial charge in [-0.2, -0.15) is 0 Å². The lowest BCUT2D eigenvalue weighted by Crippen LogP contribution is -2.59. The molecule has 2 aliphatic rings. The van der Waals surface area contributed by atoms with E-state index in [1.807, 2.05) is 45.0 Å². The van der Waals surface area contributed by atoms with Crippen LogP contribution in [0, 0.1) is 20.8 Å². The molecule has 2 fully saturated rings. The number of likely N-dealkylation sites (N-methyl/N-ethyl adjacent to an activating group) is 1. The summed E-state index contributed by atoms with van der Waals surface area (Å²) in [5, 5.41) is 20.7. The highest BCUT2D eigenvalue weighted by atomic mass is 16.5. The third-order valence-corrected chi connectivity index (χ3v) is 7.26. The van der Waals surface area contributed by atoms with Gasteiger partial charge in [0.1, 0.15) is 30.0 Å². The van der Waals surface area contributed by atoms with Crippen molar-refractivity contribution >= 4 is 5.82 Å². The summed E-state index contributed by atoms with van der Waals surface area (Å²) in [4.78, 5) is 12.4. The largest absolute Gasteiger partial charge is 0.491 e. The second-order valence-corrected chi connectivity index (χ2v) is 10.2. The van der Waals surface area contributed by atoms with E-state index in [1.165, 1.54) is 0 Å². The highest BCUT2D eigenvalue weighted by molar-refractivity contribution is 5.74. The Labute approximate surface area is 228 Å². The van der Waals surface area contributed by atoms with Crippen LogP contribution in [0.3, 0.4) is 0 Å². The number of ether oxygens (including phenoxy) is 3. The predicted molar refractivity (Wildman–Crippen MR) is 147 cm³/mol. The lowest BCUT2D eigenvalue weighted by atomic mass is 10.0. The summed E-state index contributed by atoms with van der Waals surface area (Å²) < 4.78 is 22.6. The number of aliphatic hydroxyl groups is 1. The molecule has 4 heterocycles. The fourth-order valence-electron chi connectivity index (χ4n) is 5.05. The molecule has 11 heteroatoms. The normalized spacial score (nSPS) is 19.1. The Hall–Kier alpha value is -3.09. The van der Waals surface area contributed by atoms with Crippen molar-refractivity contribution in [2.75, 3.05) is 65.0 Å². The molecule has 0 bridgehead atoms. The van der Waals surface area contributed by atoms with Crippen molar-refractivity contribution < 1.29 is 23.8 Å². The van der Waals surface area contributed by atoms with Gasteiger partial charge in [0.15, 0.2) is 5.82 Å². The number of rotatable bonds is 11. The third kappa shape index (κ3) is 6.23. The average molecular weight is 539 g/mol. The Morgan fingerprint density at radius 1 is 1.15 bits per heavy atom. The zero-order chi connectivity index (χ0) is 27.4. The molecule has 2 aromatic heterocycles. The summed E-state index contributed by atoms with van der Waals surface area (Å²) in [6.45, 7) is 11.0. The first-order chi connectivity index (χ1) is 18.9. The zero-order valence-corrected chi connectivity index (χ0v) is 23.1. The van der Waals surface area contributed by atoms with Crippen LogP contribution in [-0.4, -0.2) is 103 Å². The van der Waals surface area contributed by atoms with Crippen LogP contribution in [0.4, 0.5) is 5.82 Å². The molecule has 3 N–H and O–H groups in total. The van der Waals surface area contributed by atoms with Gasteiger partial charge in [-0.25, -0.2) is 9.97 Å². The Kier molecular flexibility index (Phi) is 8.73. The molecule has 2 saturated heterocycles. The number of benzene rings is 1. The van der Waals surface area contributed by atoms with E-state index < -0.39 is 6.10 Å². The van der Waals surface area contributed by atoms with Crippen molar-refractivity contribution in [3.05, 3.63) is 41.3 Å². The van der Waals surface area contributed by atoms with Crippen molar-refractivity contribution in [1.82, 2.24) is 25.3 Å². The van der Waals surface area contributed by atoms with Gasteiger partial charge in [0.25, 0.3) is 0 Å². The predicted octanol–water partition coefficient (Wildman–Crippen LogP) is 2.19. The second kappa shape index (κ2) is 12.4. The summed E-state index contributed by atoms with van der Waals surface area (Å²) in [7, 11) is 1.79. The van der Waals surface area contributed by atoms with Crippen LogP contribution in [-0.2, 0) is 9.47 Å². The molecule has 11 nitrogen and oxygen atoms in total. The Morgan fingerprint density at radius 2 is 2.00 bits per heavy atom. The lowest BCUT2D eigenvalue weighted by Gasteiger charge is -2.44. The van der Waals surface area contributed by atoms with Gasteiger partial charge in [-0.05, 0) is 40.0 Å². The maximum absolute atomic E-state index is 10.0. The molecule has 2 aliphatic heterocycles. The van der Waals surface area contributed by atoms with Gasteiger partial charge in [0.2, 0.25) is 0 Å². The zero-order valence-electron chi connectivity index (χ0n) is 23.1. The van der Waals surface area contributed by atoms with Gasteiger partial charge < -0.3 is 34.5 Å². The number of aryl methyl sites for hydroxylation is 2.